The van der Waals surface area contributed by atoms with Crippen LogP contribution in [0.15, 0.2) is 170 Å². The molecule has 232 valence electrons. The SMILES string of the molecule is c1ccc(C(OC(c2ccccc2)(c2ccccc2)c2ccccc2C[C@H]2CO2)(c2ccccc2)c2ccccc2C[C@H]2CO2)cc1. The largest absolute Gasteiger partial charge is 0.373 e. The fraction of sp³-hybridized carbons (Fsp3) is 0.182. The molecule has 2 aliphatic heterocycles. The Bertz CT molecular complexity index is 1690. The molecule has 0 saturated carbocycles. The predicted octanol–water partition coefficient (Wildman–Crippen LogP) is 8.87. The van der Waals surface area contributed by atoms with Crippen LogP contribution in [0.4, 0.5) is 0 Å². The molecule has 0 bridgehead atoms. The first kappa shape index (κ1) is 29.6. The molecule has 2 atom stereocenters. The van der Waals surface area contributed by atoms with Crippen molar-refractivity contribution in [3.05, 3.63) is 214 Å². The van der Waals surface area contributed by atoms with Gasteiger partial charge in [0, 0.05) is 12.8 Å². The van der Waals surface area contributed by atoms with Crippen LogP contribution in [-0.4, -0.2) is 25.4 Å². The first-order chi connectivity index (χ1) is 23.3. The molecular formula is C44H38O3. The van der Waals surface area contributed by atoms with Gasteiger partial charge in [-0.15, -0.1) is 0 Å². The Morgan fingerprint density at radius 2 is 0.681 bits per heavy atom. The molecule has 2 fully saturated rings. The molecule has 3 heteroatoms. The van der Waals surface area contributed by atoms with Crippen LogP contribution in [0.2, 0.25) is 0 Å². The summed E-state index contributed by atoms with van der Waals surface area (Å²) in [6.45, 7) is 1.57. The lowest BCUT2D eigenvalue weighted by Gasteiger charge is -2.47. The highest BCUT2D eigenvalue weighted by Crippen LogP contribution is 2.53. The number of benzene rings is 6. The first-order valence-corrected chi connectivity index (χ1v) is 16.6. The molecule has 2 aliphatic rings. The summed E-state index contributed by atoms with van der Waals surface area (Å²) in [5.41, 5.74) is 6.91. The van der Waals surface area contributed by atoms with E-state index in [-0.39, 0.29) is 12.2 Å². The second-order valence-corrected chi connectivity index (χ2v) is 12.6. The van der Waals surface area contributed by atoms with Crippen LogP contribution in [0.1, 0.15) is 44.5 Å². The zero-order chi connectivity index (χ0) is 31.5. The van der Waals surface area contributed by atoms with E-state index in [1.54, 1.807) is 0 Å². The summed E-state index contributed by atoms with van der Waals surface area (Å²) in [4.78, 5) is 0. The van der Waals surface area contributed by atoms with Crippen molar-refractivity contribution in [2.45, 2.75) is 36.3 Å². The lowest BCUT2D eigenvalue weighted by Crippen LogP contribution is -2.45. The highest BCUT2D eigenvalue weighted by molar-refractivity contribution is 5.56. The monoisotopic (exact) mass is 614 g/mol. The van der Waals surface area contributed by atoms with Crippen LogP contribution in [0.3, 0.4) is 0 Å². The number of hydrogen-bond acceptors (Lipinski definition) is 3. The number of ether oxygens (including phenoxy) is 3. The number of epoxide rings is 2. The minimum Gasteiger partial charge on any atom is -0.373 e. The van der Waals surface area contributed by atoms with E-state index in [4.69, 9.17) is 14.2 Å². The van der Waals surface area contributed by atoms with Gasteiger partial charge < -0.3 is 14.2 Å². The molecule has 0 unspecified atom stereocenters. The van der Waals surface area contributed by atoms with Crippen LogP contribution >= 0.6 is 0 Å². The average molecular weight is 615 g/mol. The molecule has 2 saturated heterocycles. The van der Waals surface area contributed by atoms with Crippen molar-refractivity contribution in [2.24, 2.45) is 0 Å². The van der Waals surface area contributed by atoms with Gasteiger partial charge in [-0.2, -0.15) is 0 Å². The van der Waals surface area contributed by atoms with E-state index >= 15 is 0 Å². The third-order valence-corrected chi connectivity index (χ3v) is 9.52. The van der Waals surface area contributed by atoms with Crippen molar-refractivity contribution in [1.29, 1.82) is 0 Å². The highest BCUT2D eigenvalue weighted by atomic mass is 16.6. The van der Waals surface area contributed by atoms with Crippen molar-refractivity contribution in [3.63, 3.8) is 0 Å². The highest BCUT2D eigenvalue weighted by Gasteiger charge is 2.50. The van der Waals surface area contributed by atoms with Crippen molar-refractivity contribution in [3.8, 4) is 0 Å². The molecule has 2 heterocycles. The standard InChI is InChI=1S/C44H38O3/c1-5-19-35(20-6-1)43(36-21-7-2-8-22-36,41-27-15-13-17-33(41)29-39-31-45-39)47-44(37-23-9-3-10-24-37,38-25-11-4-12-26-38)42-28-16-14-18-34(42)30-40-32-46-40/h1-28,39-40H,29-32H2/t39-,40-/m0/s1. The zero-order valence-electron chi connectivity index (χ0n) is 26.4. The minimum absolute atomic E-state index is 0.215. The molecule has 6 aromatic carbocycles. The van der Waals surface area contributed by atoms with Crippen molar-refractivity contribution < 1.29 is 14.2 Å². The summed E-state index contributed by atoms with van der Waals surface area (Å²) in [5.74, 6) is 0. The minimum atomic E-state index is -1.01. The van der Waals surface area contributed by atoms with Crippen molar-refractivity contribution in [1.82, 2.24) is 0 Å². The molecule has 3 nitrogen and oxygen atoms in total. The summed E-state index contributed by atoms with van der Waals surface area (Å²) in [7, 11) is 0. The fourth-order valence-corrected chi connectivity index (χ4v) is 7.17. The Morgan fingerprint density at radius 1 is 0.404 bits per heavy atom. The number of rotatable bonds is 12. The fourth-order valence-electron chi connectivity index (χ4n) is 7.17. The van der Waals surface area contributed by atoms with Gasteiger partial charge in [-0.05, 0) is 44.5 Å². The average Bonchev–Trinajstić information content (AvgIpc) is 4.10. The molecule has 8 rings (SSSR count). The molecule has 0 amide bonds. The molecule has 0 aliphatic carbocycles. The van der Waals surface area contributed by atoms with Crippen LogP contribution in [0.5, 0.6) is 0 Å². The summed E-state index contributed by atoms with van der Waals surface area (Å²) >= 11 is 0. The van der Waals surface area contributed by atoms with Crippen LogP contribution in [0.25, 0.3) is 0 Å². The third-order valence-electron chi connectivity index (χ3n) is 9.52. The van der Waals surface area contributed by atoms with Crippen LogP contribution in [0, 0.1) is 0 Å². The van der Waals surface area contributed by atoms with Gasteiger partial charge in [-0.25, -0.2) is 0 Å². The maximum absolute atomic E-state index is 8.35. The summed E-state index contributed by atoms with van der Waals surface area (Å²) in [5, 5.41) is 0. The van der Waals surface area contributed by atoms with Gasteiger partial charge >= 0.3 is 0 Å². The number of hydrogen-bond donors (Lipinski definition) is 0. The van der Waals surface area contributed by atoms with Gasteiger partial charge in [-0.3, -0.25) is 0 Å². The summed E-state index contributed by atoms with van der Waals surface area (Å²) in [6, 6.07) is 60.5. The normalized spacial score (nSPS) is 17.3. The van der Waals surface area contributed by atoms with Gasteiger partial charge in [0.2, 0.25) is 0 Å². The molecule has 47 heavy (non-hydrogen) atoms. The van der Waals surface area contributed by atoms with Crippen molar-refractivity contribution in [2.75, 3.05) is 13.2 Å². The maximum Gasteiger partial charge on any atom is 0.146 e. The third kappa shape index (κ3) is 5.72. The topological polar surface area (TPSA) is 34.3 Å². The summed E-state index contributed by atoms with van der Waals surface area (Å²) in [6.07, 6.45) is 2.07. The Labute approximate surface area is 277 Å². The molecule has 0 radical (unpaired) electrons. The lowest BCUT2D eigenvalue weighted by atomic mass is 9.73. The van der Waals surface area contributed by atoms with E-state index in [0.29, 0.717) is 0 Å². The Balaban J connectivity index is 1.50. The molecule has 0 aromatic heterocycles. The van der Waals surface area contributed by atoms with E-state index in [2.05, 4.69) is 170 Å². The maximum atomic E-state index is 8.35. The molecular weight excluding hydrogens is 576 g/mol. The van der Waals surface area contributed by atoms with E-state index < -0.39 is 11.2 Å². The molecule has 0 N–H and O–H groups in total. The molecule has 0 spiro atoms. The van der Waals surface area contributed by atoms with Gasteiger partial charge in [-0.1, -0.05) is 170 Å². The zero-order valence-corrected chi connectivity index (χ0v) is 26.4. The van der Waals surface area contributed by atoms with Crippen molar-refractivity contribution >= 4 is 0 Å². The summed E-state index contributed by atoms with van der Waals surface area (Å²) < 4.78 is 20.0. The lowest BCUT2D eigenvalue weighted by molar-refractivity contribution is -0.0818. The van der Waals surface area contributed by atoms with Crippen LogP contribution in [-0.2, 0) is 38.3 Å². The van der Waals surface area contributed by atoms with E-state index in [0.717, 1.165) is 59.4 Å². The smallest absolute Gasteiger partial charge is 0.146 e. The van der Waals surface area contributed by atoms with Crippen LogP contribution < -0.4 is 0 Å². The van der Waals surface area contributed by atoms with E-state index in [1.807, 2.05) is 0 Å². The van der Waals surface area contributed by atoms with E-state index in [1.165, 1.54) is 11.1 Å². The Morgan fingerprint density at radius 3 is 0.979 bits per heavy atom. The first-order valence-electron chi connectivity index (χ1n) is 16.6. The van der Waals surface area contributed by atoms with E-state index in [9.17, 15) is 0 Å². The molecule has 6 aromatic rings. The quantitative estimate of drug-likeness (QED) is 0.102. The van der Waals surface area contributed by atoms with Gasteiger partial charge in [0.1, 0.15) is 11.2 Å². The van der Waals surface area contributed by atoms with Gasteiger partial charge in [0.05, 0.1) is 25.4 Å². The predicted molar refractivity (Wildman–Crippen MR) is 186 cm³/mol. The Hall–Kier alpha value is -4.80. The van der Waals surface area contributed by atoms with Gasteiger partial charge in [0.15, 0.2) is 0 Å². The Kier molecular flexibility index (Phi) is 8.04. The second kappa shape index (κ2) is 12.8. The second-order valence-electron chi connectivity index (χ2n) is 12.6. The van der Waals surface area contributed by atoms with Gasteiger partial charge in [0.25, 0.3) is 0 Å².